The number of allylic oxidation sites excluding steroid dienone is 3. The van der Waals surface area contributed by atoms with Crippen molar-refractivity contribution in [3.63, 3.8) is 0 Å². The van der Waals surface area contributed by atoms with Crippen LogP contribution in [-0.2, 0) is 4.79 Å². The predicted octanol–water partition coefficient (Wildman–Crippen LogP) is 5.86. The number of rotatable bonds is 5. The number of benzene rings is 2. The van der Waals surface area contributed by atoms with Gasteiger partial charge in [0.2, 0.25) is 0 Å². The summed E-state index contributed by atoms with van der Waals surface area (Å²) >= 11 is 0. The first kappa shape index (κ1) is 38.7. The number of aryl methyl sites for hydroxylation is 1. The molecule has 0 heterocycles. The maximum atomic E-state index is 10.5. The van der Waals surface area contributed by atoms with Crippen molar-refractivity contribution >= 4 is 11.9 Å². The van der Waals surface area contributed by atoms with Crippen LogP contribution in [0.3, 0.4) is 0 Å². The quantitative estimate of drug-likeness (QED) is 0.220. The van der Waals surface area contributed by atoms with Crippen LogP contribution >= 0.6 is 0 Å². The molecule has 0 atom stereocenters. The van der Waals surface area contributed by atoms with Gasteiger partial charge in [-0.05, 0) is 57.9 Å². The molecule has 0 fully saturated rings. The molecule has 0 aliphatic heterocycles. The van der Waals surface area contributed by atoms with E-state index in [1.165, 1.54) is 17.6 Å². The van der Waals surface area contributed by atoms with Crippen LogP contribution in [0.5, 0.6) is 0 Å². The third kappa shape index (κ3) is 16.8. The van der Waals surface area contributed by atoms with E-state index in [1.807, 2.05) is 64.3 Å². The minimum absolute atomic E-state index is 0. The van der Waals surface area contributed by atoms with E-state index in [0.717, 1.165) is 29.5 Å². The molecule has 0 amide bonds. The van der Waals surface area contributed by atoms with Crippen LogP contribution in [0, 0.1) is 43.4 Å². The molecule has 2 rings (SSSR count). The molecule has 0 aliphatic rings. The molecular weight excluding hydrogens is 467 g/mol. The zero-order chi connectivity index (χ0) is 27.4. The van der Waals surface area contributed by atoms with Gasteiger partial charge in [0.25, 0.3) is 0 Å². The van der Waals surface area contributed by atoms with Crippen LogP contribution in [0.1, 0.15) is 94.5 Å². The van der Waals surface area contributed by atoms with Gasteiger partial charge in [0, 0.05) is 5.57 Å². The Hall–Kier alpha value is -1.79. The van der Waals surface area contributed by atoms with Gasteiger partial charge in [0.15, 0.2) is 0 Å². The van der Waals surface area contributed by atoms with Gasteiger partial charge in [-0.1, -0.05) is 55.0 Å². The number of hydrogen-bond donors (Lipinski definition) is 0. The molecule has 4 heteroatoms. The SMILES string of the molecule is C/C(C#N)=C(\C)c1cc([C-]=O)ccc1C.C=C(C)C.CCC.[CH2-]CC(C[CH2-])c1ccc(C#N)cc1.[K+]. The monoisotopic (exact) mass is 508 g/mol. The van der Waals surface area contributed by atoms with E-state index < -0.39 is 0 Å². The van der Waals surface area contributed by atoms with Crippen molar-refractivity contribution in [1.82, 2.24) is 0 Å². The number of nitriles is 2. The van der Waals surface area contributed by atoms with Crippen molar-refractivity contribution in [1.29, 1.82) is 10.5 Å². The van der Waals surface area contributed by atoms with Crippen LogP contribution in [0.4, 0.5) is 0 Å². The molecular formula is C32H41KN2O-2. The fourth-order valence-electron chi connectivity index (χ4n) is 2.68. The number of carbonyl (C=O) groups excluding carboxylic acids is 1. The van der Waals surface area contributed by atoms with Crippen LogP contribution in [0.15, 0.2) is 60.2 Å². The molecule has 0 aromatic heterocycles. The average molecular weight is 509 g/mol. The summed E-state index contributed by atoms with van der Waals surface area (Å²) in [6.45, 7) is 25.1. The van der Waals surface area contributed by atoms with Gasteiger partial charge in [0.05, 0.1) is 24.0 Å². The van der Waals surface area contributed by atoms with Crippen molar-refractivity contribution < 1.29 is 56.2 Å². The Morgan fingerprint density at radius 1 is 1.00 bits per heavy atom. The van der Waals surface area contributed by atoms with Crippen molar-refractivity contribution in [3.8, 4) is 12.1 Å². The van der Waals surface area contributed by atoms with Crippen LogP contribution in [0.2, 0.25) is 0 Å². The van der Waals surface area contributed by atoms with Gasteiger partial charge in [-0.15, -0.1) is 12.6 Å². The fourth-order valence-corrected chi connectivity index (χ4v) is 2.68. The van der Waals surface area contributed by atoms with Crippen LogP contribution in [-0.4, -0.2) is 6.29 Å². The first-order valence-electron chi connectivity index (χ1n) is 11.8. The molecule has 0 unspecified atom stereocenters. The van der Waals surface area contributed by atoms with Gasteiger partial charge < -0.3 is 18.6 Å². The molecule has 0 aliphatic carbocycles. The molecule has 2 aromatic rings. The summed E-state index contributed by atoms with van der Waals surface area (Å²) < 4.78 is 0. The Bertz CT molecular complexity index is 1010. The second-order valence-electron chi connectivity index (χ2n) is 8.42. The van der Waals surface area contributed by atoms with E-state index in [4.69, 9.17) is 10.5 Å². The largest absolute Gasteiger partial charge is 1.00 e. The molecule has 36 heavy (non-hydrogen) atoms. The maximum Gasteiger partial charge on any atom is 1.00 e. The van der Waals surface area contributed by atoms with E-state index in [2.05, 4.69) is 46.4 Å². The van der Waals surface area contributed by atoms with E-state index in [9.17, 15) is 4.79 Å². The van der Waals surface area contributed by atoms with Crippen molar-refractivity contribution in [3.05, 3.63) is 102 Å². The molecule has 0 bridgehead atoms. The molecule has 0 saturated heterocycles. The Balaban J connectivity index is -0.000000473. The predicted molar refractivity (Wildman–Crippen MR) is 150 cm³/mol. The van der Waals surface area contributed by atoms with Gasteiger partial charge in [-0.2, -0.15) is 41.1 Å². The van der Waals surface area contributed by atoms with Crippen molar-refractivity contribution in [2.75, 3.05) is 0 Å². The molecule has 2 aromatic carbocycles. The zero-order valence-corrected chi connectivity index (χ0v) is 26.8. The standard InChI is InChI=1S/C13H12NO.C12H13N.C4H8.C3H8.K/c1-9-4-5-12(8-15)6-13(9)11(3)10(2)7-14;1-3-11(4-2)12-7-5-10(9-13)6-8-12;1-4(2)3;1-3-2;/h4-6H,1-3H3;5-8,11H,1-4H2;1H2,2-3H3;3H2,1-2H3;/q-1;-2;;;+1/b11-10-;;;;. The smallest absolute Gasteiger partial charge is 0.376 e. The van der Waals surface area contributed by atoms with E-state index in [-0.39, 0.29) is 51.4 Å². The Labute approximate surface area is 263 Å². The first-order valence-corrected chi connectivity index (χ1v) is 11.8. The van der Waals surface area contributed by atoms with Gasteiger partial charge in [-0.3, -0.25) is 0 Å². The molecule has 0 N–H and O–H groups in total. The Morgan fingerprint density at radius 2 is 1.47 bits per heavy atom. The van der Waals surface area contributed by atoms with Gasteiger partial charge >= 0.3 is 51.4 Å². The second kappa shape index (κ2) is 23.6. The molecule has 0 spiro atoms. The number of nitrogens with zero attached hydrogens (tertiary/aromatic N) is 2. The Kier molecular flexibility index (Phi) is 25.4. The first-order chi connectivity index (χ1) is 16.6. The summed E-state index contributed by atoms with van der Waals surface area (Å²) in [5.74, 6) is 0.424. The molecule has 3 nitrogen and oxygen atoms in total. The minimum Gasteiger partial charge on any atom is -0.376 e. The topological polar surface area (TPSA) is 64.7 Å². The van der Waals surface area contributed by atoms with Crippen LogP contribution < -0.4 is 51.4 Å². The average Bonchev–Trinajstić information content (AvgIpc) is 2.85. The summed E-state index contributed by atoms with van der Waals surface area (Å²) in [6, 6.07) is 17.2. The maximum absolute atomic E-state index is 10.5. The zero-order valence-electron chi connectivity index (χ0n) is 23.7. The second-order valence-corrected chi connectivity index (χ2v) is 8.42. The summed E-state index contributed by atoms with van der Waals surface area (Å²) in [4.78, 5) is 10.5. The van der Waals surface area contributed by atoms with Crippen LogP contribution in [0.25, 0.3) is 5.57 Å². The third-order valence-corrected chi connectivity index (χ3v) is 4.70. The molecule has 188 valence electrons. The van der Waals surface area contributed by atoms with E-state index in [1.54, 1.807) is 19.1 Å². The molecule has 0 saturated carbocycles. The summed E-state index contributed by atoms with van der Waals surface area (Å²) in [7, 11) is 0. The summed E-state index contributed by atoms with van der Waals surface area (Å²) in [6.07, 6.45) is 4.81. The summed E-state index contributed by atoms with van der Waals surface area (Å²) in [5, 5.41) is 17.4. The minimum atomic E-state index is 0. The van der Waals surface area contributed by atoms with Crippen molar-refractivity contribution in [2.24, 2.45) is 0 Å². The van der Waals surface area contributed by atoms with Gasteiger partial charge in [0.1, 0.15) is 0 Å². The van der Waals surface area contributed by atoms with E-state index >= 15 is 0 Å². The van der Waals surface area contributed by atoms with E-state index in [0.29, 0.717) is 22.6 Å². The summed E-state index contributed by atoms with van der Waals surface area (Å²) in [5.41, 5.74) is 7.18. The fraction of sp³-hybridized carbons (Fsp3) is 0.344. The third-order valence-electron chi connectivity index (χ3n) is 4.70. The number of hydrogen-bond acceptors (Lipinski definition) is 3. The van der Waals surface area contributed by atoms with Crippen molar-refractivity contribution in [2.45, 2.75) is 73.6 Å². The Morgan fingerprint density at radius 3 is 1.83 bits per heavy atom. The molecule has 0 radical (unpaired) electrons. The van der Waals surface area contributed by atoms with Gasteiger partial charge in [-0.25, -0.2) is 0 Å². The normalized spacial score (nSPS) is 9.67.